The van der Waals surface area contributed by atoms with Crippen LogP contribution in [-0.4, -0.2) is 22.6 Å². The molecule has 0 saturated carbocycles. The zero-order valence-corrected chi connectivity index (χ0v) is 47.7. The average Bonchev–Trinajstić information content (AvgIpc) is 2.28. The highest BCUT2D eigenvalue weighted by atomic mass is 16.5. The van der Waals surface area contributed by atoms with Crippen molar-refractivity contribution in [3.63, 3.8) is 0 Å². The molecule has 0 saturated heterocycles. The summed E-state index contributed by atoms with van der Waals surface area (Å²) in [6.07, 6.45) is 0. The van der Waals surface area contributed by atoms with Crippen molar-refractivity contribution in [2.45, 2.75) is 119 Å². The summed E-state index contributed by atoms with van der Waals surface area (Å²) in [7, 11) is 0. The topological polar surface area (TPSA) is 28.3 Å². The predicted octanol–water partition coefficient (Wildman–Crippen LogP) is 14.9. The summed E-state index contributed by atoms with van der Waals surface area (Å²) in [6, 6.07) is 56.4. The van der Waals surface area contributed by atoms with Gasteiger partial charge in [0.2, 0.25) is 0 Å². The molecule has 9 aromatic carbocycles. The lowest BCUT2D eigenvalue weighted by molar-refractivity contribution is 0.472. The molecule has 4 aliphatic rings. The Morgan fingerprint density at radius 2 is 0.679 bits per heavy atom. The molecule has 0 N–H and O–H groups in total. The third-order valence-corrected chi connectivity index (χ3v) is 18.2. The Morgan fingerprint density at radius 3 is 1.04 bits per heavy atom. The minimum Gasteiger partial charge on any atom is -0.456 e. The van der Waals surface area contributed by atoms with Crippen LogP contribution in [0.5, 0.6) is 23.0 Å². The molecule has 4 aliphatic heterocycles. The molecule has 15 rings (SSSR count). The van der Waals surface area contributed by atoms with Gasteiger partial charge in [-0.1, -0.05) is 191 Å². The molecule has 0 bridgehead atoms. The first-order chi connectivity index (χ1) is 37.0. The van der Waals surface area contributed by atoms with Crippen LogP contribution in [0.25, 0.3) is 77.2 Å². The Labute approximate surface area is 460 Å². The first-order valence-corrected chi connectivity index (χ1v) is 28.3. The van der Waals surface area contributed by atoms with Gasteiger partial charge < -0.3 is 18.6 Å². The molecule has 0 aliphatic carbocycles. The van der Waals surface area contributed by atoms with E-state index in [0.717, 1.165) is 56.4 Å². The number of hydrogen-bond donors (Lipinski definition) is 0. The Balaban J connectivity index is 1.15. The quantitative estimate of drug-likeness (QED) is 0.161. The van der Waals surface area contributed by atoms with Gasteiger partial charge in [0.15, 0.2) is 0 Å². The second kappa shape index (κ2) is 15.5. The van der Waals surface area contributed by atoms with Crippen molar-refractivity contribution in [3.05, 3.63) is 179 Å². The number of aromatic nitrogens is 2. The van der Waals surface area contributed by atoms with Gasteiger partial charge in [-0.25, -0.2) is 0 Å². The second-order valence-corrected chi connectivity index (χ2v) is 27.5. The van der Waals surface area contributed by atoms with Crippen LogP contribution in [0, 0.1) is 13.8 Å². The Bertz CT molecular complexity index is 4190. The molecule has 0 fully saturated rings. The van der Waals surface area contributed by atoms with Crippen LogP contribution in [0.15, 0.2) is 146 Å². The van der Waals surface area contributed by atoms with Crippen molar-refractivity contribution in [1.29, 1.82) is 0 Å². The van der Waals surface area contributed by atoms with Gasteiger partial charge >= 0.3 is 0 Å². The summed E-state index contributed by atoms with van der Waals surface area (Å²) in [5.74, 6) is 3.62. The summed E-state index contributed by atoms with van der Waals surface area (Å²) in [6.45, 7) is 32.1. The largest absolute Gasteiger partial charge is 0.456 e. The number of aryl methyl sites for hydroxylation is 2. The van der Waals surface area contributed by atoms with Crippen LogP contribution >= 0.6 is 0 Å². The highest BCUT2D eigenvalue weighted by Crippen LogP contribution is 2.50. The van der Waals surface area contributed by atoms with Crippen LogP contribution in [0.3, 0.4) is 0 Å². The maximum absolute atomic E-state index is 7.95. The number of benzene rings is 9. The average molecular weight is 1010 g/mol. The molecule has 0 radical (unpaired) electrons. The number of nitrogens with zero attached hydrogens (tertiary/aromatic N) is 2. The SMILES string of the molecule is Cc1ccc(-c2ccc3c(c2)Oc2c4c(c5c6c2-n2c7ccc(C(C)(C)C)cc7c7cc(C(C)(C)C)cc(c72)B6c2ccc(-c6ccc(C)cc6)cc2O5)-n2c5ccc(C(C)(C)C)cc5c5cc(C(C)(C)C)cc(c52)B34)cc1. The van der Waals surface area contributed by atoms with E-state index in [1.165, 1.54) is 110 Å². The molecule has 2 aromatic heterocycles. The fourth-order valence-electron chi connectivity index (χ4n) is 13.7. The number of rotatable bonds is 2. The van der Waals surface area contributed by atoms with Crippen molar-refractivity contribution in [2.24, 2.45) is 0 Å². The van der Waals surface area contributed by atoms with Crippen molar-refractivity contribution in [3.8, 4) is 56.6 Å². The van der Waals surface area contributed by atoms with E-state index in [9.17, 15) is 0 Å². The minimum absolute atomic E-state index is 0.0518. The first-order valence-electron chi connectivity index (χ1n) is 28.3. The molecule has 0 amide bonds. The second-order valence-electron chi connectivity index (χ2n) is 27.5. The predicted molar refractivity (Wildman–Crippen MR) is 333 cm³/mol. The fourth-order valence-corrected chi connectivity index (χ4v) is 13.7. The third-order valence-electron chi connectivity index (χ3n) is 18.2. The molecular weight excluding hydrogens is 946 g/mol. The molecule has 6 heterocycles. The summed E-state index contributed by atoms with van der Waals surface area (Å²) in [5, 5.41) is 5.09. The van der Waals surface area contributed by atoms with Gasteiger partial charge in [0.1, 0.15) is 23.0 Å². The van der Waals surface area contributed by atoms with Gasteiger partial charge in [-0.15, -0.1) is 0 Å². The summed E-state index contributed by atoms with van der Waals surface area (Å²) < 4.78 is 21.1. The molecule has 382 valence electrons. The molecule has 0 unspecified atom stereocenters. The van der Waals surface area contributed by atoms with E-state index in [1.807, 2.05) is 0 Å². The Hall–Kier alpha value is -7.69. The number of ether oxygens (including phenoxy) is 2. The van der Waals surface area contributed by atoms with Gasteiger partial charge in [0, 0.05) is 43.5 Å². The summed E-state index contributed by atoms with van der Waals surface area (Å²) >= 11 is 0. The lowest BCUT2D eigenvalue weighted by Crippen LogP contribution is -2.63. The lowest BCUT2D eigenvalue weighted by Gasteiger charge is -2.41. The van der Waals surface area contributed by atoms with Gasteiger partial charge in [-0.2, -0.15) is 0 Å². The van der Waals surface area contributed by atoms with E-state index in [2.05, 4.69) is 252 Å². The molecule has 11 aromatic rings. The monoisotopic (exact) mass is 1010 g/mol. The third kappa shape index (κ3) is 6.61. The molecule has 4 nitrogen and oxygen atoms in total. The zero-order valence-electron chi connectivity index (χ0n) is 47.7. The first kappa shape index (κ1) is 47.5. The van der Waals surface area contributed by atoms with Crippen LogP contribution in [0.1, 0.15) is 116 Å². The zero-order chi connectivity index (χ0) is 54.0. The van der Waals surface area contributed by atoms with Crippen LogP contribution in [0.4, 0.5) is 0 Å². The van der Waals surface area contributed by atoms with Gasteiger partial charge in [0.05, 0.1) is 22.4 Å². The van der Waals surface area contributed by atoms with Crippen molar-refractivity contribution in [2.75, 3.05) is 0 Å². The standard InChI is InChI=1S/C72H66B2N2O2/c1-39-15-19-41(20-16-39)43-23-27-53-59(31-43)77-67-61-66(76-58-30-26-46(70(6,7)8)33-49(58)51-35-47(71(9,10)11)37-55(63(51)76)73(53)61)68-62-65(67)75-57-29-25-45(69(3,4)5)34-50(57)52-36-48(72(12,13)14)38-56(64(52)75)74(62)54-28-24-44(32-60(54)78-68)42-21-17-40(2)18-22-42/h15-38H,1-14H3. The van der Waals surface area contributed by atoms with E-state index >= 15 is 0 Å². The van der Waals surface area contributed by atoms with Gasteiger partial charge in [-0.05, 0) is 150 Å². The van der Waals surface area contributed by atoms with E-state index in [0.29, 0.717) is 0 Å². The van der Waals surface area contributed by atoms with E-state index < -0.39 is 0 Å². The van der Waals surface area contributed by atoms with Crippen LogP contribution in [0.2, 0.25) is 0 Å². The van der Waals surface area contributed by atoms with Crippen molar-refractivity contribution in [1.82, 2.24) is 9.13 Å². The van der Waals surface area contributed by atoms with Crippen molar-refractivity contribution < 1.29 is 9.47 Å². The lowest BCUT2D eigenvalue weighted by atomic mass is 9.31. The summed E-state index contributed by atoms with van der Waals surface area (Å²) in [4.78, 5) is 0. The Morgan fingerprint density at radius 1 is 0.333 bits per heavy atom. The smallest absolute Gasteiger partial charge is 0.256 e. The number of hydrogen-bond acceptors (Lipinski definition) is 2. The molecule has 6 heteroatoms. The normalized spacial score (nSPS) is 14.2. The molecular formula is C72H66B2N2O2. The highest BCUT2D eigenvalue weighted by molar-refractivity contribution is 7.02. The molecule has 0 spiro atoms. The minimum atomic E-state index is -0.173. The highest BCUT2D eigenvalue weighted by Gasteiger charge is 2.51. The van der Waals surface area contributed by atoms with Crippen LogP contribution in [-0.2, 0) is 21.7 Å². The molecule has 0 atom stereocenters. The van der Waals surface area contributed by atoms with Gasteiger partial charge in [-0.3, -0.25) is 0 Å². The van der Waals surface area contributed by atoms with Crippen molar-refractivity contribution >= 4 is 89.8 Å². The van der Waals surface area contributed by atoms with Gasteiger partial charge in [0.25, 0.3) is 13.4 Å². The number of fused-ring (bicyclic) bond motifs is 16. The van der Waals surface area contributed by atoms with E-state index in [4.69, 9.17) is 9.47 Å². The summed E-state index contributed by atoms with van der Waals surface area (Å²) in [5.41, 5.74) is 26.3. The maximum Gasteiger partial charge on any atom is 0.256 e. The van der Waals surface area contributed by atoms with Crippen LogP contribution < -0.4 is 42.3 Å². The van der Waals surface area contributed by atoms with E-state index in [1.54, 1.807) is 0 Å². The maximum atomic E-state index is 7.95. The molecule has 78 heavy (non-hydrogen) atoms. The van der Waals surface area contributed by atoms with E-state index in [-0.39, 0.29) is 35.1 Å². The fraction of sp³-hybridized carbons (Fsp3) is 0.250. The Kier molecular flexibility index (Phi) is 9.46.